The summed E-state index contributed by atoms with van der Waals surface area (Å²) in [5, 5.41) is 11.6. The molecule has 0 aliphatic heterocycles. The molecule has 3 N–H and O–H groups in total. The van der Waals surface area contributed by atoms with E-state index in [9.17, 15) is 0 Å². The summed E-state index contributed by atoms with van der Waals surface area (Å²) in [7, 11) is 0. The SMILES string of the molecule is N/C(=N\O)c1ccccc1Oc1cccnc1. The molecule has 2 aromatic rings. The minimum Gasteiger partial charge on any atom is -0.455 e. The molecule has 0 aliphatic carbocycles. The molecule has 0 saturated carbocycles. The first-order chi connectivity index (χ1) is 8.31. The van der Waals surface area contributed by atoms with E-state index in [1.165, 1.54) is 0 Å². The fourth-order valence-electron chi connectivity index (χ4n) is 1.36. The van der Waals surface area contributed by atoms with Gasteiger partial charge in [-0.05, 0) is 24.3 Å². The van der Waals surface area contributed by atoms with Gasteiger partial charge in [-0.1, -0.05) is 17.3 Å². The molecule has 0 spiro atoms. The highest BCUT2D eigenvalue weighted by Crippen LogP contribution is 2.24. The number of ether oxygens (including phenoxy) is 1. The van der Waals surface area contributed by atoms with Crippen molar-refractivity contribution in [3.8, 4) is 11.5 Å². The maximum absolute atomic E-state index is 8.67. The number of amidine groups is 1. The van der Waals surface area contributed by atoms with Crippen LogP contribution in [0.15, 0.2) is 53.9 Å². The van der Waals surface area contributed by atoms with Gasteiger partial charge in [0.25, 0.3) is 0 Å². The van der Waals surface area contributed by atoms with Crippen LogP contribution in [0.25, 0.3) is 0 Å². The van der Waals surface area contributed by atoms with Crippen LogP contribution in [-0.2, 0) is 0 Å². The number of benzene rings is 1. The zero-order valence-corrected chi connectivity index (χ0v) is 8.95. The Bertz CT molecular complexity index is 526. The van der Waals surface area contributed by atoms with E-state index in [0.29, 0.717) is 17.1 Å². The van der Waals surface area contributed by atoms with Crippen LogP contribution in [0.4, 0.5) is 0 Å². The van der Waals surface area contributed by atoms with Gasteiger partial charge in [-0.2, -0.15) is 0 Å². The molecule has 5 nitrogen and oxygen atoms in total. The second-order valence-electron chi connectivity index (χ2n) is 3.27. The number of nitrogens with zero attached hydrogens (tertiary/aromatic N) is 2. The van der Waals surface area contributed by atoms with Crippen molar-refractivity contribution >= 4 is 5.84 Å². The lowest BCUT2D eigenvalue weighted by molar-refractivity contribution is 0.318. The minimum absolute atomic E-state index is 0.00416. The van der Waals surface area contributed by atoms with Gasteiger partial charge in [0.2, 0.25) is 0 Å². The number of nitrogens with two attached hydrogens (primary N) is 1. The number of para-hydroxylation sites is 1. The average Bonchev–Trinajstić information content (AvgIpc) is 2.40. The summed E-state index contributed by atoms with van der Waals surface area (Å²) in [6.45, 7) is 0. The van der Waals surface area contributed by atoms with E-state index in [4.69, 9.17) is 15.7 Å². The van der Waals surface area contributed by atoms with Crippen molar-refractivity contribution in [2.24, 2.45) is 10.9 Å². The number of rotatable bonds is 3. The van der Waals surface area contributed by atoms with Crippen LogP contribution < -0.4 is 10.5 Å². The molecule has 0 aliphatic rings. The number of hydrogen-bond acceptors (Lipinski definition) is 4. The molecule has 1 aromatic carbocycles. The molecule has 0 saturated heterocycles. The Morgan fingerprint density at radius 1 is 1.24 bits per heavy atom. The lowest BCUT2D eigenvalue weighted by atomic mass is 10.2. The maximum Gasteiger partial charge on any atom is 0.173 e. The van der Waals surface area contributed by atoms with Crippen LogP contribution >= 0.6 is 0 Å². The van der Waals surface area contributed by atoms with E-state index in [1.54, 1.807) is 48.8 Å². The molecule has 0 bridgehead atoms. The highest BCUT2D eigenvalue weighted by Gasteiger charge is 2.08. The Labute approximate surface area is 98.2 Å². The summed E-state index contributed by atoms with van der Waals surface area (Å²) < 4.78 is 5.60. The quantitative estimate of drug-likeness (QED) is 0.365. The van der Waals surface area contributed by atoms with E-state index < -0.39 is 0 Å². The number of oxime groups is 1. The second kappa shape index (κ2) is 4.98. The normalized spacial score (nSPS) is 11.2. The fraction of sp³-hybridized carbons (Fsp3) is 0. The molecule has 17 heavy (non-hydrogen) atoms. The smallest absolute Gasteiger partial charge is 0.173 e. The molecule has 0 radical (unpaired) electrons. The topological polar surface area (TPSA) is 80.7 Å². The van der Waals surface area contributed by atoms with Gasteiger partial charge in [0.05, 0.1) is 11.8 Å². The molecule has 2 rings (SSSR count). The van der Waals surface area contributed by atoms with Crippen LogP contribution in [-0.4, -0.2) is 16.0 Å². The summed E-state index contributed by atoms with van der Waals surface area (Å²) in [5.41, 5.74) is 6.08. The lowest BCUT2D eigenvalue weighted by Crippen LogP contribution is -2.14. The number of aromatic nitrogens is 1. The Balaban J connectivity index is 2.33. The van der Waals surface area contributed by atoms with Crippen molar-refractivity contribution in [2.45, 2.75) is 0 Å². The van der Waals surface area contributed by atoms with Crippen LogP contribution in [0, 0.1) is 0 Å². The molecule has 1 aromatic heterocycles. The first-order valence-electron chi connectivity index (χ1n) is 4.96. The Kier molecular flexibility index (Phi) is 3.20. The van der Waals surface area contributed by atoms with E-state index in [2.05, 4.69) is 10.1 Å². The van der Waals surface area contributed by atoms with Crippen LogP contribution in [0.5, 0.6) is 11.5 Å². The Morgan fingerprint density at radius 2 is 2.06 bits per heavy atom. The first kappa shape index (κ1) is 10.9. The number of hydrogen-bond donors (Lipinski definition) is 2. The molecular formula is C12H11N3O2. The third kappa shape index (κ3) is 2.52. The molecule has 5 heteroatoms. The highest BCUT2D eigenvalue weighted by molar-refractivity contribution is 5.99. The summed E-state index contributed by atoms with van der Waals surface area (Å²) in [6, 6.07) is 10.6. The fourth-order valence-corrected chi connectivity index (χ4v) is 1.36. The lowest BCUT2D eigenvalue weighted by Gasteiger charge is -2.09. The summed E-state index contributed by atoms with van der Waals surface area (Å²) in [6.07, 6.45) is 3.24. The molecule has 86 valence electrons. The third-order valence-electron chi connectivity index (χ3n) is 2.13. The number of pyridine rings is 1. The first-order valence-corrected chi connectivity index (χ1v) is 4.96. The Hall–Kier alpha value is -2.56. The van der Waals surface area contributed by atoms with Crippen LogP contribution in [0.3, 0.4) is 0 Å². The summed E-state index contributed by atoms with van der Waals surface area (Å²) in [4.78, 5) is 3.94. The minimum atomic E-state index is 0.00416. The molecule has 0 fully saturated rings. The zero-order valence-electron chi connectivity index (χ0n) is 8.95. The summed E-state index contributed by atoms with van der Waals surface area (Å²) in [5.74, 6) is 1.10. The van der Waals surface area contributed by atoms with Crippen molar-refractivity contribution in [3.63, 3.8) is 0 Å². The Morgan fingerprint density at radius 3 is 2.76 bits per heavy atom. The van der Waals surface area contributed by atoms with Gasteiger partial charge in [0.15, 0.2) is 5.84 Å². The highest BCUT2D eigenvalue weighted by atomic mass is 16.5. The van der Waals surface area contributed by atoms with Gasteiger partial charge >= 0.3 is 0 Å². The summed E-state index contributed by atoms with van der Waals surface area (Å²) >= 11 is 0. The van der Waals surface area contributed by atoms with Gasteiger partial charge in [0, 0.05) is 6.20 Å². The molecule has 0 unspecified atom stereocenters. The molecular weight excluding hydrogens is 218 g/mol. The van der Waals surface area contributed by atoms with Crippen molar-refractivity contribution in [3.05, 3.63) is 54.4 Å². The monoisotopic (exact) mass is 229 g/mol. The third-order valence-corrected chi connectivity index (χ3v) is 2.13. The maximum atomic E-state index is 8.67. The predicted molar refractivity (Wildman–Crippen MR) is 63.3 cm³/mol. The van der Waals surface area contributed by atoms with Crippen molar-refractivity contribution in [1.29, 1.82) is 0 Å². The average molecular weight is 229 g/mol. The molecule has 1 heterocycles. The van der Waals surface area contributed by atoms with E-state index in [1.807, 2.05) is 0 Å². The second-order valence-corrected chi connectivity index (χ2v) is 3.27. The van der Waals surface area contributed by atoms with Gasteiger partial charge in [-0.3, -0.25) is 4.98 Å². The van der Waals surface area contributed by atoms with E-state index >= 15 is 0 Å². The van der Waals surface area contributed by atoms with Crippen molar-refractivity contribution < 1.29 is 9.94 Å². The van der Waals surface area contributed by atoms with Crippen LogP contribution in [0.2, 0.25) is 0 Å². The van der Waals surface area contributed by atoms with Gasteiger partial charge in [0.1, 0.15) is 11.5 Å². The molecule has 0 atom stereocenters. The van der Waals surface area contributed by atoms with Crippen molar-refractivity contribution in [2.75, 3.05) is 0 Å². The van der Waals surface area contributed by atoms with Gasteiger partial charge in [-0.25, -0.2) is 0 Å². The van der Waals surface area contributed by atoms with Gasteiger partial charge < -0.3 is 15.7 Å². The van der Waals surface area contributed by atoms with E-state index in [0.717, 1.165) is 0 Å². The predicted octanol–water partition coefficient (Wildman–Crippen LogP) is 1.97. The zero-order chi connectivity index (χ0) is 12.1. The molecule has 0 amide bonds. The largest absolute Gasteiger partial charge is 0.455 e. The van der Waals surface area contributed by atoms with Crippen LogP contribution in [0.1, 0.15) is 5.56 Å². The van der Waals surface area contributed by atoms with E-state index in [-0.39, 0.29) is 5.84 Å². The standard InChI is InChI=1S/C12H11N3O2/c13-12(15-16)10-5-1-2-6-11(10)17-9-4-3-7-14-8-9/h1-8,16H,(H2,13,15). The van der Waals surface area contributed by atoms with Crippen molar-refractivity contribution in [1.82, 2.24) is 4.98 Å². The van der Waals surface area contributed by atoms with Gasteiger partial charge in [-0.15, -0.1) is 0 Å².